The van der Waals surface area contributed by atoms with Crippen molar-refractivity contribution in [2.45, 2.75) is 25.8 Å². The Morgan fingerprint density at radius 3 is 2.39 bits per heavy atom. The number of benzene rings is 2. The summed E-state index contributed by atoms with van der Waals surface area (Å²) in [6, 6.07) is 16.1. The molecule has 0 unspecified atom stereocenters. The van der Waals surface area contributed by atoms with Gasteiger partial charge in [-0.05, 0) is 31.4 Å². The third-order valence-electron chi connectivity index (χ3n) is 6.43. The molecule has 0 atom stereocenters. The number of carbonyl (C=O) groups is 2. The van der Waals surface area contributed by atoms with Crippen LogP contribution in [0.2, 0.25) is 0 Å². The molecule has 0 bridgehead atoms. The summed E-state index contributed by atoms with van der Waals surface area (Å²) in [4.78, 5) is 28.2. The SMILES string of the molecule is Cl.Cn1cc(C2=CC(=O)N(c3c4n(c5ccccc35)CCCC4)C2=O)c2ccccc21. The van der Waals surface area contributed by atoms with E-state index in [1.54, 1.807) is 0 Å². The van der Waals surface area contributed by atoms with E-state index < -0.39 is 0 Å². The number of aryl methyl sites for hydroxylation is 2. The fourth-order valence-corrected chi connectivity index (χ4v) is 5.09. The van der Waals surface area contributed by atoms with Crippen LogP contribution in [-0.2, 0) is 29.6 Å². The minimum atomic E-state index is -0.257. The van der Waals surface area contributed by atoms with E-state index in [0.29, 0.717) is 5.57 Å². The maximum atomic E-state index is 13.6. The number of amides is 2. The molecule has 5 nitrogen and oxygen atoms in total. The molecule has 2 aromatic heterocycles. The van der Waals surface area contributed by atoms with E-state index in [9.17, 15) is 9.59 Å². The number of hydrogen-bond donors (Lipinski definition) is 0. The van der Waals surface area contributed by atoms with E-state index in [2.05, 4.69) is 10.6 Å². The van der Waals surface area contributed by atoms with Gasteiger partial charge in [-0.1, -0.05) is 36.4 Å². The molecule has 0 N–H and O–H groups in total. The Labute approximate surface area is 186 Å². The first-order valence-electron chi connectivity index (χ1n) is 10.4. The van der Waals surface area contributed by atoms with Crippen LogP contribution in [0, 0.1) is 0 Å². The van der Waals surface area contributed by atoms with Gasteiger partial charge in [-0.15, -0.1) is 12.4 Å². The van der Waals surface area contributed by atoms with E-state index >= 15 is 0 Å². The van der Waals surface area contributed by atoms with Crippen molar-refractivity contribution in [2.24, 2.45) is 7.05 Å². The second-order valence-electron chi connectivity index (χ2n) is 8.13. The van der Waals surface area contributed by atoms with Crippen molar-refractivity contribution >= 4 is 57.3 Å². The van der Waals surface area contributed by atoms with Gasteiger partial charge in [0, 0.05) is 53.4 Å². The number of anilines is 1. The molecular formula is C25H22ClN3O2. The van der Waals surface area contributed by atoms with Gasteiger partial charge in [0.15, 0.2) is 0 Å². The molecule has 2 aliphatic rings. The standard InChI is InChI=1S/C25H21N3O2.ClH/c1-26-15-19(16-8-2-4-10-20(16)26)18-14-23(29)28(25(18)30)24-17-9-3-5-11-21(17)27-13-7-6-12-22(24)27;/h2-5,8-11,14-15H,6-7,12-13H2,1H3;1H. The minimum Gasteiger partial charge on any atom is -0.350 e. The molecular weight excluding hydrogens is 410 g/mol. The minimum absolute atomic E-state index is 0. The van der Waals surface area contributed by atoms with Crippen molar-refractivity contribution in [1.82, 2.24) is 9.13 Å². The lowest BCUT2D eigenvalue weighted by Gasteiger charge is -2.21. The molecule has 0 spiro atoms. The van der Waals surface area contributed by atoms with Gasteiger partial charge in [0.25, 0.3) is 11.8 Å². The molecule has 2 aromatic carbocycles. The average molecular weight is 432 g/mol. The molecule has 6 rings (SSSR count). The fourth-order valence-electron chi connectivity index (χ4n) is 5.09. The van der Waals surface area contributed by atoms with Gasteiger partial charge in [0.2, 0.25) is 0 Å². The van der Waals surface area contributed by atoms with Crippen LogP contribution in [0.1, 0.15) is 24.1 Å². The van der Waals surface area contributed by atoms with Crippen LogP contribution in [0.5, 0.6) is 0 Å². The number of rotatable bonds is 2. The molecule has 4 aromatic rings. The van der Waals surface area contributed by atoms with E-state index in [0.717, 1.165) is 64.6 Å². The molecule has 0 fully saturated rings. The van der Waals surface area contributed by atoms with Crippen LogP contribution in [0.15, 0.2) is 60.8 Å². The molecule has 0 saturated heterocycles. The molecule has 0 radical (unpaired) electrons. The number of halogens is 1. The van der Waals surface area contributed by atoms with E-state index in [1.165, 1.54) is 11.0 Å². The van der Waals surface area contributed by atoms with E-state index in [4.69, 9.17) is 0 Å². The molecule has 0 aliphatic carbocycles. The summed E-state index contributed by atoms with van der Waals surface area (Å²) < 4.78 is 4.28. The first-order valence-corrected chi connectivity index (χ1v) is 10.4. The van der Waals surface area contributed by atoms with Crippen molar-refractivity contribution < 1.29 is 9.59 Å². The number of carbonyl (C=O) groups excluding carboxylic acids is 2. The van der Waals surface area contributed by atoms with Gasteiger partial charge in [0.05, 0.1) is 16.8 Å². The topological polar surface area (TPSA) is 47.2 Å². The number of para-hydroxylation sites is 2. The van der Waals surface area contributed by atoms with Gasteiger partial charge >= 0.3 is 0 Å². The van der Waals surface area contributed by atoms with Gasteiger partial charge in [-0.25, -0.2) is 4.90 Å². The van der Waals surface area contributed by atoms with Crippen LogP contribution >= 0.6 is 12.4 Å². The largest absolute Gasteiger partial charge is 0.350 e. The number of hydrogen-bond acceptors (Lipinski definition) is 2. The third-order valence-corrected chi connectivity index (χ3v) is 6.43. The number of aromatic nitrogens is 2. The molecule has 6 heteroatoms. The van der Waals surface area contributed by atoms with Crippen LogP contribution in [0.4, 0.5) is 5.69 Å². The monoisotopic (exact) mass is 431 g/mol. The lowest BCUT2D eigenvalue weighted by atomic mass is 10.0. The molecule has 4 heterocycles. The van der Waals surface area contributed by atoms with Crippen molar-refractivity contribution in [3.8, 4) is 0 Å². The van der Waals surface area contributed by atoms with Crippen LogP contribution in [0.3, 0.4) is 0 Å². The smallest absolute Gasteiger partial charge is 0.266 e. The second kappa shape index (κ2) is 7.13. The lowest BCUT2D eigenvalue weighted by Crippen LogP contribution is -2.31. The van der Waals surface area contributed by atoms with E-state index in [-0.39, 0.29) is 24.2 Å². The van der Waals surface area contributed by atoms with E-state index in [1.807, 2.05) is 60.3 Å². The summed E-state index contributed by atoms with van der Waals surface area (Å²) >= 11 is 0. The predicted octanol–water partition coefficient (Wildman–Crippen LogP) is 4.85. The Bertz CT molecular complexity index is 1410. The molecule has 2 aliphatic heterocycles. The number of nitrogens with zero attached hydrogens (tertiary/aromatic N) is 3. The average Bonchev–Trinajstić information content (AvgIpc) is 3.38. The first-order chi connectivity index (χ1) is 14.6. The Kier molecular flexibility index (Phi) is 4.52. The zero-order chi connectivity index (χ0) is 20.4. The fraction of sp³-hybridized carbons (Fsp3) is 0.200. The maximum Gasteiger partial charge on any atom is 0.266 e. The highest BCUT2D eigenvalue weighted by molar-refractivity contribution is 6.45. The van der Waals surface area contributed by atoms with Crippen LogP contribution < -0.4 is 4.90 Å². The zero-order valence-electron chi connectivity index (χ0n) is 17.2. The van der Waals surface area contributed by atoms with Gasteiger partial charge < -0.3 is 9.13 Å². The maximum absolute atomic E-state index is 13.6. The molecule has 2 amide bonds. The molecule has 31 heavy (non-hydrogen) atoms. The molecule has 0 saturated carbocycles. The van der Waals surface area contributed by atoms with Gasteiger partial charge in [0.1, 0.15) is 0 Å². The molecule has 156 valence electrons. The highest BCUT2D eigenvalue weighted by atomic mass is 35.5. The lowest BCUT2D eigenvalue weighted by molar-refractivity contribution is -0.119. The van der Waals surface area contributed by atoms with Crippen LogP contribution in [0.25, 0.3) is 27.4 Å². The Morgan fingerprint density at radius 1 is 0.871 bits per heavy atom. The first kappa shape index (κ1) is 19.6. The normalized spacial score (nSPS) is 16.0. The summed E-state index contributed by atoms with van der Waals surface area (Å²) in [5.74, 6) is -0.492. The summed E-state index contributed by atoms with van der Waals surface area (Å²) in [7, 11) is 1.96. The third kappa shape index (κ3) is 2.70. The Hall–Kier alpha value is -3.31. The highest BCUT2D eigenvalue weighted by Crippen LogP contribution is 2.41. The highest BCUT2D eigenvalue weighted by Gasteiger charge is 2.38. The number of imide groups is 1. The van der Waals surface area contributed by atoms with Crippen LogP contribution in [-0.4, -0.2) is 20.9 Å². The Morgan fingerprint density at radius 2 is 1.58 bits per heavy atom. The van der Waals surface area contributed by atoms with Crippen molar-refractivity contribution in [1.29, 1.82) is 0 Å². The second-order valence-corrected chi connectivity index (χ2v) is 8.13. The van der Waals surface area contributed by atoms with Crippen molar-refractivity contribution in [3.05, 3.63) is 72.1 Å². The summed E-state index contributed by atoms with van der Waals surface area (Å²) in [6.45, 7) is 0.926. The quantitative estimate of drug-likeness (QED) is 0.426. The Balaban J connectivity index is 0.00000204. The van der Waals surface area contributed by atoms with Gasteiger partial charge in [-0.2, -0.15) is 0 Å². The van der Waals surface area contributed by atoms with Gasteiger partial charge in [-0.3, -0.25) is 9.59 Å². The predicted molar refractivity (Wildman–Crippen MR) is 126 cm³/mol. The zero-order valence-corrected chi connectivity index (χ0v) is 18.0. The van der Waals surface area contributed by atoms with Crippen molar-refractivity contribution in [3.63, 3.8) is 0 Å². The summed E-state index contributed by atoms with van der Waals surface area (Å²) in [6.07, 6.45) is 6.52. The summed E-state index contributed by atoms with van der Waals surface area (Å²) in [5.41, 5.74) is 5.28. The van der Waals surface area contributed by atoms with Crippen molar-refractivity contribution in [2.75, 3.05) is 4.90 Å². The summed E-state index contributed by atoms with van der Waals surface area (Å²) in [5, 5.41) is 1.96. The number of fused-ring (bicyclic) bond motifs is 4.